The van der Waals surface area contributed by atoms with Crippen LogP contribution in [-0.2, 0) is 11.2 Å². The Bertz CT molecular complexity index is 629. The zero-order chi connectivity index (χ0) is 16.1. The highest BCUT2D eigenvalue weighted by atomic mass is 32.1. The molecule has 1 N–H and O–H groups in total. The first-order valence-corrected chi connectivity index (χ1v) is 8.75. The second kappa shape index (κ2) is 7.46. The second-order valence-corrected chi connectivity index (χ2v) is 6.61. The molecule has 2 amide bonds. The van der Waals surface area contributed by atoms with E-state index >= 15 is 0 Å². The van der Waals surface area contributed by atoms with Gasteiger partial charge in [-0.05, 0) is 36.4 Å². The molecule has 1 aliphatic heterocycles. The van der Waals surface area contributed by atoms with Gasteiger partial charge in [-0.15, -0.1) is 11.3 Å². The number of likely N-dealkylation sites (tertiary alicyclic amines) is 1. The average Bonchev–Trinajstić information content (AvgIpc) is 3.28. The molecule has 23 heavy (non-hydrogen) atoms. The SMILES string of the molecule is O=C(NCCc1ccco1)C1CCN(C(=O)c2cccs2)CC1. The molecule has 0 saturated carbocycles. The zero-order valence-electron chi connectivity index (χ0n) is 12.9. The molecule has 0 aromatic carbocycles. The maximum absolute atomic E-state index is 12.3. The maximum atomic E-state index is 12.3. The predicted molar refractivity (Wildman–Crippen MR) is 88.4 cm³/mol. The van der Waals surface area contributed by atoms with Gasteiger partial charge >= 0.3 is 0 Å². The summed E-state index contributed by atoms with van der Waals surface area (Å²) in [4.78, 5) is 27.1. The Morgan fingerprint density at radius 1 is 1.26 bits per heavy atom. The minimum absolute atomic E-state index is 0.000938. The number of amides is 2. The number of hydrogen-bond donors (Lipinski definition) is 1. The van der Waals surface area contributed by atoms with Gasteiger partial charge in [0, 0.05) is 32.0 Å². The van der Waals surface area contributed by atoms with Gasteiger partial charge in [0.25, 0.3) is 5.91 Å². The molecule has 3 heterocycles. The molecule has 6 heteroatoms. The molecule has 0 atom stereocenters. The van der Waals surface area contributed by atoms with Gasteiger partial charge in [-0.25, -0.2) is 0 Å². The molecule has 1 fully saturated rings. The van der Waals surface area contributed by atoms with Crippen LogP contribution in [0.25, 0.3) is 0 Å². The maximum Gasteiger partial charge on any atom is 0.263 e. The van der Waals surface area contributed by atoms with E-state index in [0.29, 0.717) is 26.1 Å². The molecule has 0 unspecified atom stereocenters. The smallest absolute Gasteiger partial charge is 0.263 e. The Morgan fingerprint density at radius 2 is 2.09 bits per heavy atom. The number of hydrogen-bond acceptors (Lipinski definition) is 4. The lowest BCUT2D eigenvalue weighted by Gasteiger charge is -2.31. The Balaban J connectivity index is 1.41. The minimum Gasteiger partial charge on any atom is -0.469 e. The van der Waals surface area contributed by atoms with E-state index in [9.17, 15) is 9.59 Å². The third-order valence-electron chi connectivity index (χ3n) is 4.14. The van der Waals surface area contributed by atoms with Crippen molar-refractivity contribution in [1.29, 1.82) is 0 Å². The van der Waals surface area contributed by atoms with E-state index in [-0.39, 0.29) is 17.7 Å². The lowest BCUT2D eigenvalue weighted by molar-refractivity contribution is -0.126. The minimum atomic E-state index is -0.000938. The molecule has 2 aromatic heterocycles. The van der Waals surface area contributed by atoms with Crippen molar-refractivity contribution < 1.29 is 14.0 Å². The van der Waals surface area contributed by atoms with Crippen molar-refractivity contribution >= 4 is 23.2 Å². The Hall–Kier alpha value is -2.08. The fraction of sp³-hybridized carbons (Fsp3) is 0.412. The largest absolute Gasteiger partial charge is 0.469 e. The van der Waals surface area contributed by atoms with Crippen LogP contribution in [0.5, 0.6) is 0 Å². The number of furan rings is 1. The van der Waals surface area contributed by atoms with Gasteiger partial charge in [0.05, 0.1) is 11.1 Å². The van der Waals surface area contributed by atoms with E-state index in [4.69, 9.17) is 4.42 Å². The van der Waals surface area contributed by atoms with Crippen molar-refractivity contribution in [2.45, 2.75) is 19.3 Å². The van der Waals surface area contributed by atoms with Gasteiger partial charge in [0.2, 0.25) is 5.91 Å². The van der Waals surface area contributed by atoms with Crippen molar-refractivity contribution in [2.75, 3.05) is 19.6 Å². The predicted octanol–water partition coefficient (Wildman–Crippen LogP) is 2.55. The van der Waals surface area contributed by atoms with Gasteiger partial charge in [0.1, 0.15) is 5.76 Å². The summed E-state index contributed by atoms with van der Waals surface area (Å²) in [5.74, 6) is 1.04. The third kappa shape index (κ3) is 4.01. The first kappa shape index (κ1) is 15.8. The molecular formula is C17H20N2O3S. The van der Waals surface area contributed by atoms with Crippen LogP contribution in [0.15, 0.2) is 40.3 Å². The first-order chi connectivity index (χ1) is 11.2. The Morgan fingerprint density at radius 3 is 2.74 bits per heavy atom. The molecule has 1 aliphatic rings. The summed E-state index contributed by atoms with van der Waals surface area (Å²) in [5.41, 5.74) is 0. The van der Waals surface area contributed by atoms with E-state index in [0.717, 1.165) is 23.5 Å². The number of thiophene rings is 1. The van der Waals surface area contributed by atoms with Crippen LogP contribution < -0.4 is 5.32 Å². The van der Waals surface area contributed by atoms with E-state index in [1.54, 1.807) is 6.26 Å². The summed E-state index contributed by atoms with van der Waals surface area (Å²) in [5, 5.41) is 4.87. The van der Waals surface area contributed by atoms with Gasteiger partial charge in [-0.3, -0.25) is 9.59 Å². The standard InChI is InChI=1S/C17H20N2O3S/c20-16(18-8-5-14-3-1-11-22-14)13-6-9-19(10-7-13)17(21)15-4-2-12-23-15/h1-4,11-13H,5-10H2,(H,18,20). The number of piperidine rings is 1. The highest BCUT2D eigenvalue weighted by molar-refractivity contribution is 7.12. The van der Waals surface area contributed by atoms with Crippen LogP contribution >= 0.6 is 11.3 Å². The van der Waals surface area contributed by atoms with Gasteiger partial charge in [-0.2, -0.15) is 0 Å². The van der Waals surface area contributed by atoms with Crippen molar-refractivity contribution in [3.63, 3.8) is 0 Å². The van der Waals surface area contributed by atoms with Crippen molar-refractivity contribution in [3.8, 4) is 0 Å². The number of nitrogens with one attached hydrogen (secondary N) is 1. The fourth-order valence-electron chi connectivity index (χ4n) is 2.81. The second-order valence-electron chi connectivity index (χ2n) is 5.66. The summed E-state index contributed by atoms with van der Waals surface area (Å²) in [6.07, 6.45) is 3.79. The van der Waals surface area contributed by atoms with E-state index in [1.807, 2.05) is 34.5 Å². The topological polar surface area (TPSA) is 62.6 Å². The molecule has 0 bridgehead atoms. The van der Waals surface area contributed by atoms with Crippen molar-refractivity contribution in [2.24, 2.45) is 5.92 Å². The molecule has 0 radical (unpaired) electrons. The third-order valence-corrected chi connectivity index (χ3v) is 4.99. The van der Waals surface area contributed by atoms with Gasteiger partial charge in [-0.1, -0.05) is 6.07 Å². The highest BCUT2D eigenvalue weighted by Gasteiger charge is 2.27. The molecular weight excluding hydrogens is 312 g/mol. The van der Waals surface area contributed by atoms with Crippen LogP contribution in [0.4, 0.5) is 0 Å². The number of carbonyl (C=O) groups is 2. The average molecular weight is 332 g/mol. The van der Waals surface area contributed by atoms with Crippen LogP contribution in [0, 0.1) is 5.92 Å². The Labute approximate surface area is 139 Å². The molecule has 5 nitrogen and oxygen atoms in total. The van der Waals surface area contributed by atoms with Gasteiger partial charge in [0.15, 0.2) is 0 Å². The molecule has 2 aromatic rings. The Kier molecular flexibility index (Phi) is 5.12. The highest BCUT2D eigenvalue weighted by Crippen LogP contribution is 2.20. The zero-order valence-corrected chi connectivity index (χ0v) is 13.7. The molecule has 1 saturated heterocycles. The first-order valence-electron chi connectivity index (χ1n) is 7.87. The molecule has 122 valence electrons. The fourth-order valence-corrected chi connectivity index (χ4v) is 3.50. The normalized spacial score (nSPS) is 15.6. The lowest BCUT2D eigenvalue weighted by Crippen LogP contribution is -2.43. The lowest BCUT2D eigenvalue weighted by atomic mass is 9.95. The van der Waals surface area contributed by atoms with Crippen LogP contribution in [-0.4, -0.2) is 36.3 Å². The summed E-state index contributed by atoms with van der Waals surface area (Å²) < 4.78 is 5.24. The summed E-state index contributed by atoms with van der Waals surface area (Å²) in [6, 6.07) is 7.48. The van der Waals surface area contributed by atoms with Crippen LogP contribution in [0.1, 0.15) is 28.3 Å². The van der Waals surface area contributed by atoms with Crippen LogP contribution in [0.2, 0.25) is 0 Å². The molecule has 0 aliphatic carbocycles. The van der Waals surface area contributed by atoms with Crippen molar-refractivity contribution in [3.05, 3.63) is 46.5 Å². The quantitative estimate of drug-likeness (QED) is 0.915. The monoisotopic (exact) mass is 332 g/mol. The van der Waals surface area contributed by atoms with Crippen molar-refractivity contribution in [1.82, 2.24) is 10.2 Å². The number of rotatable bonds is 5. The summed E-state index contributed by atoms with van der Waals surface area (Å²) in [7, 11) is 0. The van der Waals surface area contributed by atoms with Crippen LogP contribution in [0.3, 0.4) is 0 Å². The van der Waals surface area contributed by atoms with Gasteiger partial charge < -0.3 is 14.6 Å². The molecule has 0 spiro atoms. The van der Waals surface area contributed by atoms with E-state index < -0.39 is 0 Å². The summed E-state index contributed by atoms with van der Waals surface area (Å²) >= 11 is 1.46. The van der Waals surface area contributed by atoms with E-state index in [2.05, 4.69) is 5.32 Å². The number of carbonyl (C=O) groups excluding carboxylic acids is 2. The summed E-state index contributed by atoms with van der Waals surface area (Å²) in [6.45, 7) is 1.88. The number of nitrogens with zero attached hydrogens (tertiary/aromatic N) is 1. The van der Waals surface area contributed by atoms with E-state index in [1.165, 1.54) is 11.3 Å². The molecule has 3 rings (SSSR count).